The summed E-state index contributed by atoms with van der Waals surface area (Å²) in [6, 6.07) is 7.49. The molecule has 0 aliphatic carbocycles. The van der Waals surface area contributed by atoms with Crippen LogP contribution in [0, 0.1) is 0 Å². The minimum Gasteiger partial charge on any atom is -0.328 e. The molecule has 2 aromatic heterocycles. The number of hydrogen-bond acceptors (Lipinski definition) is 4. The van der Waals surface area contributed by atoms with E-state index in [1.54, 1.807) is 6.20 Å². The van der Waals surface area contributed by atoms with Gasteiger partial charge in [-0.25, -0.2) is 9.97 Å². The van der Waals surface area contributed by atoms with Gasteiger partial charge < -0.3 is 4.57 Å². The molecule has 0 aliphatic rings. The van der Waals surface area contributed by atoms with Gasteiger partial charge in [0, 0.05) is 18.9 Å². The Morgan fingerprint density at radius 2 is 2.00 bits per heavy atom. The molecule has 0 spiro atoms. The van der Waals surface area contributed by atoms with Gasteiger partial charge in [0.2, 0.25) is 5.78 Å². The van der Waals surface area contributed by atoms with Gasteiger partial charge in [-0.3, -0.25) is 9.78 Å². The average molecular weight is 266 g/mol. The third-order valence-corrected chi connectivity index (χ3v) is 3.06. The topological polar surface area (TPSA) is 60.7 Å². The normalized spacial score (nSPS) is 10.8. The van der Waals surface area contributed by atoms with E-state index in [0.717, 1.165) is 18.5 Å². The van der Waals surface area contributed by atoms with E-state index in [9.17, 15) is 4.79 Å². The number of para-hydroxylation sites is 2. The van der Waals surface area contributed by atoms with Gasteiger partial charge >= 0.3 is 0 Å². The molecule has 0 unspecified atom stereocenters. The number of carbonyl (C=O) groups excluding carboxylic acids is 1. The largest absolute Gasteiger partial charge is 0.328 e. The second kappa shape index (κ2) is 5.21. The molecule has 5 heteroatoms. The van der Waals surface area contributed by atoms with Gasteiger partial charge in [-0.15, -0.1) is 0 Å². The molecule has 0 saturated carbocycles. The van der Waals surface area contributed by atoms with Crippen LogP contribution < -0.4 is 0 Å². The lowest BCUT2D eigenvalue weighted by atomic mass is 10.2. The zero-order valence-electron chi connectivity index (χ0n) is 11.2. The van der Waals surface area contributed by atoms with Crippen LogP contribution in [0.25, 0.3) is 11.0 Å². The highest BCUT2D eigenvalue weighted by molar-refractivity contribution is 6.05. The molecule has 1 aromatic carbocycles. The van der Waals surface area contributed by atoms with E-state index >= 15 is 0 Å². The van der Waals surface area contributed by atoms with Crippen molar-refractivity contribution in [3.8, 4) is 0 Å². The van der Waals surface area contributed by atoms with Gasteiger partial charge in [0.15, 0.2) is 5.82 Å². The second-order valence-electron chi connectivity index (χ2n) is 4.52. The summed E-state index contributed by atoms with van der Waals surface area (Å²) in [5.41, 5.74) is 1.82. The molecule has 2 heterocycles. The van der Waals surface area contributed by atoms with Crippen LogP contribution in [0.3, 0.4) is 0 Å². The van der Waals surface area contributed by atoms with Crippen LogP contribution in [-0.4, -0.2) is 25.3 Å². The summed E-state index contributed by atoms with van der Waals surface area (Å²) in [5.74, 6) is 0.220. The molecule has 0 aliphatic heterocycles. The van der Waals surface area contributed by atoms with Crippen LogP contribution in [0.4, 0.5) is 0 Å². The third kappa shape index (κ3) is 2.18. The fourth-order valence-corrected chi connectivity index (χ4v) is 2.12. The standard InChI is InChI=1S/C15H14N4O/c1-2-8-19-9-7-16-15(19)14(20)13-10-17-11-5-3-4-6-12(11)18-13/h3-7,9-10H,2,8H2,1H3. The minimum atomic E-state index is -0.193. The van der Waals surface area contributed by atoms with E-state index in [1.165, 1.54) is 6.20 Å². The average Bonchev–Trinajstić information content (AvgIpc) is 2.94. The summed E-state index contributed by atoms with van der Waals surface area (Å²) in [4.78, 5) is 25.2. The van der Waals surface area contributed by atoms with Crippen molar-refractivity contribution in [2.45, 2.75) is 19.9 Å². The lowest BCUT2D eigenvalue weighted by Gasteiger charge is -2.05. The molecule has 3 rings (SSSR count). The number of ketones is 1. The highest BCUT2D eigenvalue weighted by Gasteiger charge is 2.17. The second-order valence-corrected chi connectivity index (χ2v) is 4.52. The number of benzene rings is 1. The summed E-state index contributed by atoms with van der Waals surface area (Å²) < 4.78 is 1.85. The van der Waals surface area contributed by atoms with Gasteiger partial charge in [-0.05, 0) is 18.6 Å². The van der Waals surface area contributed by atoms with Gasteiger partial charge in [0.1, 0.15) is 5.69 Å². The minimum absolute atomic E-state index is 0.193. The summed E-state index contributed by atoms with van der Waals surface area (Å²) in [5, 5.41) is 0. The van der Waals surface area contributed by atoms with Crippen molar-refractivity contribution in [2.24, 2.45) is 0 Å². The van der Waals surface area contributed by atoms with E-state index < -0.39 is 0 Å². The number of aryl methyl sites for hydroxylation is 1. The first-order valence-electron chi connectivity index (χ1n) is 6.57. The Bertz CT molecular complexity index is 763. The predicted molar refractivity (Wildman–Crippen MR) is 75.5 cm³/mol. The Balaban J connectivity index is 2.01. The van der Waals surface area contributed by atoms with Gasteiger partial charge in [-0.2, -0.15) is 0 Å². The summed E-state index contributed by atoms with van der Waals surface area (Å²) in [6.45, 7) is 2.83. The van der Waals surface area contributed by atoms with Crippen LogP contribution in [0.5, 0.6) is 0 Å². The Hall–Kier alpha value is -2.56. The molecule has 3 aromatic rings. The maximum Gasteiger partial charge on any atom is 0.248 e. The Labute approximate surface area is 116 Å². The molecule has 0 atom stereocenters. The fraction of sp³-hybridized carbons (Fsp3) is 0.200. The van der Waals surface area contributed by atoms with Gasteiger partial charge in [-0.1, -0.05) is 19.1 Å². The quantitative estimate of drug-likeness (QED) is 0.681. The van der Waals surface area contributed by atoms with Crippen LogP contribution >= 0.6 is 0 Å². The van der Waals surface area contributed by atoms with E-state index in [4.69, 9.17) is 0 Å². The molecule has 100 valence electrons. The molecule has 0 N–H and O–H groups in total. The van der Waals surface area contributed by atoms with Crippen molar-refractivity contribution < 1.29 is 4.79 Å². The van der Waals surface area contributed by atoms with Gasteiger partial charge in [0.25, 0.3) is 0 Å². The lowest BCUT2D eigenvalue weighted by Crippen LogP contribution is -2.13. The van der Waals surface area contributed by atoms with Crippen molar-refractivity contribution >= 4 is 16.8 Å². The first kappa shape index (κ1) is 12.5. The zero-order valence-corrected chi connectivity index (χ0v) is 11.2. The number of carbonyl (C=O) groups is 1. The summed E-state index contributed by atoms with van der Waals surface area (Å²) in [6.07, 6.45) is 5.90. The maximum absolute atomic E-state index is 12.5. The van der Waals surface area contributed by atoms with Gasteiger partial charge in [0.05, 0.1) is 17.2 Å². The summed E-state index contributed by atoms with van der Waals surface area (Å²) >= 11 is 0. The van der Waals surface area contributed by atoms with Crippen molar-refractivity contribution in [3.05, 3.63) is 54.4 Å². The van der Waals surface area contributed by atoms with Crippen molar-refractivity contribution in [1.29, 1.82) is 0 Å². The number of hydrogen-bond donors (Lipinski definition) is 0. The fourth-order valence-electron chi connectivity index (χ4n) is 2.12. The molecule has 0 saturated heterocycles. The highest BCUT2D eigenvalue weighted by Crippen LogP contribution is 2.11. The highest BCUT2D eigenvalue weighted by atomic mass is 16.1. The Morgan fingerprint density at radius 3 is 2.80 bits per heavy atom. The van der Waals surface area contributed by atoms with Crippen molar-refractivity contribution in [2.75, 3.05) is 0 Å². The molecule has 20 heavy (non-hydrogen) atoms. The Morgan fingerprint density at radius 1 is 1.20 bits per heavy atom. The smallest absolute Gasteiger partial charge is 0.248 e. The van der Waals surface area contributed by atoms with E-state index in [1.807, 2.05) is 35.0 Å². The van der Waals surface area contributed by atoms with Crippen LogP contribution in [-0.2, 0) is 6.54 Å². The first-order chi connectivity index (χ1) is 9.79. The third-order valence-electron chi connectivity index (χ3n) is 3.06. The number of rotatable bonds is 4. The van der Waals surface area contributed by atoms with Crippen LogP contribution in [0.2, 0.25) is 0 Å². The lowest BCUT2D eigenvalue weighted by molar-refractivity contribution is 0.102. The summed E-state index contributed by atoms with van der Waals surface area (Å²) in [7, 11) is 0. The number of nitrogens with zero attached hydrogens (tertiary/aromatic N) is 4. The number of fused-ring (bicyclic) bond motifs is 1. The SMILES string of the molecule is CCCn1ccnc1C(=O)c1cnc2ccccc2n1. The first-order valence-corrected chi connectivity index (χ1v) is 6.57. The zero-order chi connectivity index (χ0) is 13.9. The van der Waals surface area contributed by atoms with Crippen LogP contribution in [0.1, 0.15) is 29.7 Å². The molecular weight excluding hydrogens is 252 g/mol. The van der Waals surface area contributed by atoms with Crippen molar-refractivity contribution in [3.63, 3.8) is 0 Å². The molecular formula is C15H14N4O. The Kier molecular flexibility index (Phi) is 3.25. The van der Waals surface area contributed by atoms with Crippen molar-refractivity contribution in [1.82, 2.24) is 19.5 Å². The monoisotopic (exact) mass is 266 g/mol. The van der Waals surface area contributed by atoms with E-state index in [2.05, 4.69) is 21.9 Å². The molecule has 0 radical (unpaired) electrons. The van der Waals surface area contributed by atoms with Crippen LogP contribution in [0.15, 0.2) is 42.9 Å². The molecule has 0 bridgehead atoms. The number of imidazole rings is 1. The maximum atomic E-state index is 12.5. The van der Waals surface area contributed by atoms with E-state index in [-0.39, 0.29) is 5.78 Å². The predicted octanol–water partition coefficient (Wildman–Crippen LogP) is 2.47. The molecule has 0 fully saturated rings. The molecule has 0 amide bonds. The van der Waals surface area contributed by atoms with E-state index in [0.29, 0.717) is 17.0 Å². The molecule has 5 nitrogen and oxygen atoms in total. The number of aromatic nitrogens is 4.